The lowest BCUT2D eigenvalue weighted by Crippen LogP contribution is -2.08. The number of aromatic nitrogens is 2. The summed E-state index contributed by atoms with van der Waals surface area (Å²) < 4.78 is 0. The molecule has 0 atom stereocenters. The van der Waals surface area contributed by atoms with Gasteiger partial charge in [-0.2, -0.15) is 5.26 Å². The average molecular weight is 230 g/mol. The zero-order valence-corrected chi connectivity index (χ0v) is 9.82. The first kappa shape index (κ1) is 10.6. The van der Waals surface area contributed by atoms with E-state index in [-0.39, 0.29) is 0 Å². The molecule has 0 spiro atoms. The first-order valence-electron chi connectivity index (χ1n) is 4.74. The van der Waals surface area contributed by atoms with E-state index in [0.29, 0.717) is 5.56 Å². The Labute approximate surface area is 97.8 Å². The van der Waals surface area contributed by atoms with Crippen molar-refractivity contribution in [1.82, 2.24) is 10.2 Å². The van der Waals surface area contributed by atoms with E-state index in [1.165, 1.54) is 11.3 Å². The molecule has 1 aromatic carbocycles. The lowest BCUT2D eigenvalue weighted by atomic mass is 10.2. The number of hydrogen-bond acceptors (Lipinski definition) is 5. The van der Waals surface area contributed by atoms with E-state index >= 15 is 0 Å². The lowest BCUT2D eigenvalue weighted by Gasteiger charge is -2.14. The normalized spacial score (nSPS) is 9.81. The fraction of sp³-hybridized carbons (Fsp3) is 0.182. The molecule has 0 bridgehead atoms. The summed E-state index contributed by atoms with van der Waals surface area (Å²) in [4.78, 5) is 1.95. The number of nitriles is 1. The van der Waals surface area contributed by atoms with Crippen molar-refractivity contribution in [1.29, 1.82) is 5.26 Å². The Morgan fingerprint density at radius 2 is 1.94 bits per heavy atom. The predicted octanol–water partition coefficient (Wildman–Crippen LogP) is 2.49. The van der Waals surface area contributed by atoms with Gasteiger partial charge in [-0.15, -0.1) is 10.2 Å². The molecule has 0 radical (unpaired) electrons. The van der Waals surface area contributed by atoms with Crippen molar-refractivity contribution < 1.29 is 0 Å². The number of aryl methyl sites for hydroxylation is 1. The largest absolute Gasteiger partial charge is 0.319 e. The van der Waals surface area contributed by atoms with Crippen LogP contribution in [0.4, 0.5) is 10.8 Å². The van der Waals surface area contributed by atoms with E-state index in [9.17, 15) is 0 Å². The number of hydrogen-bond donors (Lipinski definition) is 0. The minimum Gasteiger partial charge on any atom is -0.319 e. The smallest absolute Gasteiger partial charge is 0.212 e. The van der Waals surface area contributed by atoms with Crippen molar-refractivity contribution in [3.8, 4) is 6.07 Å². The van der Waals surface area contributed by atoms with Gasteiger partial charge in [-0.25, -0.2) is 0 Å². The van der Waals surface area contributed by atoms with Crippen LogP contribution in [0.1, 0.15) is 10.6 Å². The maximum atomic E-state index is 8.70. The summed E-state index contributed by atoms with van der Waals surface area (Å²) in [6.07, 6.45) is 0. The first-order valence-corrected chi connectivity index (χ1v) is 5.56. The molecule has 0 aliphatic rings. The molecule has 0 saturated heterocycles. The molecule has 0 N–H and O–H groups in total. The van der Waals surface area contributed by atoms with Gasteiger partial charge in [-0.3, -0.25) is 0 Å². The maximum Gasteiger partial charge on any atom is 0.212 e. The van der Waals surface area contributed by atoms with E-state index in [0.717, 1.165) is 15.8 Å². The first-order chi connectivity index (χ1) is 7.70. The van der Waals surface area contributed by atoms with Crippen molar-refractivity contribution in [2.75, 3.05) is 11.9 Å². The van der Waals surface area contributed by atoms with Gasteiger partial charge in [0, 0.05) is 12.7 Å². The number of anilines is 2. The Morgan fingerprint density at radius 3 is 2.44 bits per heavy atom. The van der Waals surface area contributed by atoms with Crippen molar-refractivity contribution in [3.05, 3.63) is 34.8 Å². The zero-order chi connectivity index (χ0) is 11.5. The van der Waals surface area contributed by atoms with Gasteiger partial charge in [-0.05, 0) is 31.2 Å². The Morgan fingerprint density at radius 1 is 1.25 bits per heavy atom. The monoisotopic (exact) mass is 230 g/mol. The molecule has 4 nitrogen and oxygen atoms in total. The average Bonchev–Trinajstić information content (AvgIpc) is 2.75. The van der Waals surface area contributed by atoms with E-state index in [4.69, 9.17) is 5.26 Å². The Balaban J connectivity index is 2.27. The summed E-state index contributed by atoms with van der Waals surface area (Å²) in [5.41, 5.74) is 1.65. The zero-order valence-electron chi connectivity index (χ0n) is 9.01. The molecule has 2 rings (SSSR count). The molecule has 5 heteroatoms. The summed E-state index contributed by atoms with van der Waals surface area (Å²) >= 11 is 1.54. The summed E-state index contributed by atoms with van der Waals surface area (Å²) in [6.45, 7) is 1.92. The summed E-state index contributed by atoms with van der Waals surface area (Å²) in [7, 11) is 1.93. The highest BCUT2D eigenvalue weighted by Crippen LogP contribution is 2.26. The van der Waals surface area contributed by atoms with Crippen LogP contribution >= 0.6 is 11.3 Å². The molecule has 16 heavy (non-hydrogen) atoms. The second-order valence-electron chi connectivity index (χ2n) is 3.32. The van der Waals surface area contributed by atoms with E-state index in [2.05, 4.69) is 16.3 Å². The number of benzene rings is 1. The van der Waals surface area contributed by atoms with Crippen LogP contribution in [0.2, 0.25) is 0 Å². The fourth-order valence-electron chi connectivity index (χ4n) is 1.29. The Kier molecular flexibility index (Phi) is 2.84. The molecule has 1 heterocycles. The molecule has 0 aliphatic carbocycles. The van der Waals surface area contributed by atoms with Gasteiger partial charge in [-0.1, -0.05) is 11.3 Å². The molecule has 0 amide bonds. The standard InChI is InChI=1S/C11H10N4S/c1-8-13-14-11(16-8)15(2)10-5-3-9(7-12)4-6-10/h3-6H,1-2H3. The fourth-order valence-corrected chi connectivity index (χ4v) is 1.96. The van der Waals surface area contributed by atoms with E-state index < -0.39 is 0 Å². The Hall–Kier alpha value is -1.93. The number of rotatable bonds is 2. The van der Waals surface area contributed by atoms with Gasteiger partial charge in [0.15, 0.2) is 0 Å². The minimum atomic E-state index is 0.658. The second kappa shape index (κ2) is 4.29. The lowest BCUT2D eigenvalue weighted by molar-refractivity contribution is 1.02. The van der Waals surface area contributed by atoms with Crippen molar-refractivity contribution >= 4 is 22.2 Å². The van der Waals surface area contributed by atoms with Crippen LogP contribution in [0, 0.1) is 18.3 Å². The van der Waals surface area contributed by atoms with Crippen molar-refractivity contribution in [2.45, 2.75) is 6.92 Å². The van der Waals surface area contributed by atoms with Crippen LogP contribution in [0.25, 0.3) is 0 Å². The highest BCUT2D eigenvalue weighted by molar-refractivity contribution is 7.15. The molecule has 0 unspecified atom stereocenters. The van der Waals surface area contributed by atoms with Crippen molar-refractivity contribution in [3.63, 3.8) is 0 Å². The highest BCUT2D eigenvalue weighted by Gasteiger charge is 2.08. The van der Waals surface area contributed by atoms with E-state index in [1.807, 2.05) is 31.0 Å². The minimum absolute atomic E-state index is 0.658. The van der Waals surface area contributed by atoms with Crippen LogP contribution in [0.5, 0.6) is 0 Å². The summed E-state index contributed by atoms with van der Waals surface area (Å²) in [6, 6.07) is 9.47. The van der Waals surface area contributed by atoms with Gasteiger partial charge in [0.2, 0.25) is 5.13 Å². The third-order valence-corrected chi connectivity index (χ3v) is 3.10. The molecular formula is C11H10N4S. The van der Waals surface area contributed by atoms with Gasteiger partial charge >= 0.3 is 0 Å². The highest BCUT2D eigenvalue weighted by atomic mass is 32.1. The maximum absolute atomic E-state index is 8.70. The second-order valence-corrected chi connectivity index (χ2v) is 4.48. The molecule has 80 valence electrons. The van der Waals surface area contributed by atoms with Gasteiger partial charge in [0.1, 0.15) is 5.01 Å². The third-order valence-electron chi connectivity index (χ3n) is 2.19. The topological polar surface area (TPSA) is 52.8 Å². The molecule has 0 fully saturated rings. The molecule has 2 aromatic rings. The van der Waals surface area contributed by atoms with Crippen LogP contribution in [-0.4, -0.2) is 17.2 Å². The molecule has 0 saturated carbocycles. The summed E-state index contributed by atoms with van der Waals surface area (Å²) in [5, 5.41) is 18.5. The van der Waals surface area contributed by atoms with Crippen LogP contribution in [-0.2, 0) is 0 Å². The summed E-state index contributed by atoms with van der Waals surface area (Å²) in [5.74, 6) is 0. The van der Waals surface area contributed by atoms with Crippen LogP contribution < -0.4 is 4.90 Å². The third kappa shape index (κ3) is 2.02. The Bertz CT molecular complexity index is 524. The van der Waals surface area contributed by atoms with Gasteiger partial charge in [0.05, 0.1) is 11.6 Å². The van der Waals surface area contributed by atoms with Gasteiger partial charge in [0.25, 0.3) is 0 Å². The SMILES string of the molecule is Cc1nnc(N(C)c2ccc(C#N)cc2)s1. The number of nitrogens with zero attached hydrogens (tertiary/aromatic N) is 4. The predicted molar refractivity (Wildman–Crippen MR) is 63.9 cm³/mol. The van der Waals surface area contributed by atoms with Gasteiger partial charge < -0.3 is 4.90 Å². The van der Waals surface area contributed by atoms with Crippen LogP contribution in [0.15, 0.2) is 24.3 Å². The molecule has 0 aliphatic heterocycles. The quantitative estimate of drug-likeness (QED) is 0.795. The molecular weight excluding hydrogens is 220 g/mol. The molecule has 1 aromatic heterocycles. The van der Waals surface area contributed by atoms with Crippen LogP contribution in [0.3, 0.4) is 0 Å². The van der Waals surface area contributed by atoms with E-state index in [1.54, 1.807) is 12.1 Å². The van der Waals surface area contributed by atoms with Crippen molar-refractivity contribution in [2.24, 2.45) is 0 Å².